The van der Waals surface area contributed by atoms with Crippen LogP contribution in [0.4, 0.5) is 0 Å². The third-order valence-corrected chi connectivity index (χ3v) is 1.88. The zero-order valence-corrected chi connectivity index (χ0v) is 7.27. The second-order valence-electron chi connectivity index (χ2n) is 3.03. The van der Waals surface area contributed by atoms with Gasteiger partial charge >= 0.3 is 0 Å². The molecule has 0 aromatic heterocycles. The van der Waals surface area contributed by atoms with Crippen LogP contribution in [0.2, 0.25) is 0 Å². The van der Waals surface area contributed by atoms with E-state index < -0.39 is 6.04 Å². The number of carbonyl (C=O) groups excluding carboxylic acids is 1. The molecule has 0 amide bonds. The van der Waals surface area contributed by atoms with Crippen molar-refractivity contribution in [2.75, 3.05) is 0 Å². The molecule has 0 fully saturated rings. The van der Waals surface area contributed by atoms with Gasteiger partial charge in [0.2, 0.25) is 0 Å². The van der Waals surface area contributed by atoms with Gasteiger partial charge in [-0.1, -0.05) is 41.1 Å². The van der Waals surface area contributed by atoms with Gasteiger partial charge in [0.1, 0.15) is 6.29 Å². The third-order valence-electron chi connectivity index (χ3n) is 1.88. The first kappa shape index (κ1) is 9.58. The van der Waals surface area contributed by atoms with E-state index in [4.69, 9.17) is 0 Å². The van der Waals surface area contributed by atoms with Crippen LogP contribution in [-0.2, 0) is 4.79 Å². The summed E-state index contributed by atoms with van der Waals surface area (Å²) in [7, 11) is 0. The van der Waals surface area contributed by atoms with Crippen LogP contribution in [0.15, 0.2) is 41.1 Å². The molecule has 3 nitrogen and oxygen atoms in total. The molecule has 13 heavy (non-hydrogen) atoms. The molecule has 0 aromatic carbocycles. The van der Waals surface area contributed by atoms with Crippen molar-refractivity contribution in [2.45, 2.75) is 18.9 Å². The maximum atomic E-state index is 10.3. The number of aldehydes is 1. The fourth-order valence-electron chi connectivity index (χ4n) is 1.25. The highest BCUT2D eigenvalue weighted by Crippen LogP contribution is 2.20. The van der Waals surface area contributed by atoms with Crippen molar-refractivity contribution < 1.29 is 4.79 Å². The fourth-order valence-corrected chi connectivity index (χ4v) is 1.25. The highest BCUT2D eigenvalue weighted by atomic mass is 16.3. The van der Waals surface area contributed by atoms with Gasteiger partial charge in [-0.15, -0.1) is 0 Å². The number of rotatable bonds is 4. The summed E-state index contributed by atoms with van der Waals surface area (Å²) in [6.07, 6.45) is 7.40. The van der Waals surface area contributed by atoms with Gasteiger partial charge in [0, 0.05) is 6.42 Å². The quantitative estimate of drug-likeness (QED) is 0.488. The molecule has 68 valence electrons. The van der Waals surface area contributed by atoms with Crippen LogP contribution in [0.1, 0.15) is 12.8 Å². The lowest BCUT2D eigenvalue weighted by molar-refractivity contribution is -0.108. The van der Waals surface area contributed by atoms with E-state index in [1.807, 2.05) is 18.2 Å². The zero-order valence-electron chi connectivity index (χ0n) is 7.27. The maximum Gasteiger partial charge on any atom is 0.151 e. The molecule has 0 spiro atoms. The van der Waals surface area contributed by atoms with Crippen LogP contribution >= 0.6 is 0 Å². The maximum absolute atomic E-state index is 10.3. The number of hydrogen-bond acceptors (Lipinski definition) is 3. The predicted molar refractivity (Wildman–Crippen MR) is 51.2 cm³/mol. The standard InChI is InChI=1S/C10H11NO2/c1-8-3-2-4-9(5-8)6-10(7-12)11-13/h2-4,7,10H,1,5-6H2. The van der Waals surface area contributed by atoms with Gasteiger partial charge in [0.05, 0.1) is 0 Å². The number of carbonyl (C=O) groups is 1. The summed E-state index contributed by atoms with van der Waals surface area (Å²) in [4.78, 5) is 20.5. The molecule has 0 radical (unpaired) electrons. The van der Waals surface area contributed by atoms with E-state index >= 15 is 0 Å². The lowest BCUT2D eigenvalue weighted by Crippen LogP contribution is -2.07. The SMILES string of the molecule is C=C1C=CC=C(CC(C=O)N=O)C1. The first-order valence-electron chi connectivity index (χ1n) is 4.08. The number of nitroso groups, excluding NO2 is 1. The monoisotopic (exact) mass is 177 g/mol. The molecule has 3 heteroatoms. The van der Waals surface area contributed by atoms with Crippen molar-refractivity contribution in [3.05, 3.63) is 40.9 Å². The van der Waals surface area contributed by atoms with Gasteiger partial charge in [-0.3, -0.25) is 0 Å². The van der Waals surface area contributed by atoms with Gasteiger partial charge in [0.15, 0.2) is 6.04 Å². The van der Waals surface area contributed by atoms with E-state index in [-0.39, 0.29) is 0 Å². The molecule has 0 N–H and O–H groups in total. The van der Waals surface area contributed by atoms with Crippen LogP contribution in [0.5, 0.6) is 0 Å². The van der Waals surface area contributed by atoms with E-state index in [2.05, 4.69) is 11.8 Å². The van der Waals surface area contributed by atoms with Crippen LogP contribution in [0, 0.1) is 4.91 Å². The second kappa shape index (κ2) is 4.50. The molecule has 1 atom stereocenters. The third kappa shape index (κ3) is 2.78. The van der Waals surface area contributed by atoms with Crippen molar-refractivity contribution in [3.8, 4) is 0 Å². The molecule has 0 heterocycles. The Labute approximate surface area is 76.8 Å². The zero-order chi connectivity index (χ0) is 9.68. The molecular weight excluding hydrogens is 166 g/mol. The van der Waals surface area contributed by atoms with Crippen LogP contribution in [0.3, 0.4) is 0 Å². The highest BCUT2D eigenvalue weighted by molar-refractivity contribution is 5.58. The van der Waals surface area contributed by atoms with Crippen LogP contribution in [-0.4, -0.2) is 12.3 Å². The van der Waals surface area contributed by atoms with Gasteiger partial charge in [-0.2, -0.15) is 4.91 Å². The molecule has 0 saturated carbocycles. The summed E-state index contributed by atoms with van der Waals surface area (Å²) in [5.41, 5.74) is 2.03. The summed E-state index contributed by atoms with van der Waals surface area (Å²) in [6.45, 7) is 3.80. The Hall–Kier alpha value is -1.51. The van der Waals surface area contributed by atoms with Crippen molar-refractivity contribution in [1.29, 1.82) is 0 Å². The first-order chi connectivity index (χ1) is 6.26. The van der Waals surface area contributed by atoms with Gasteiger partial charge in [0.25, 0.3) is 0 Å². The highest BCUT2D eigenvalue weighted by Gasteiger charge is 2.11. The minimum atomic E-state index is -0.745. The van der Waals surface area contributed by atoms with Crippen LogP contribution < -0.4 is 0 Å². The van der Waals surface area contributed by atoms with Gasteiger partial charge < -0.3 is 4.79 Å². The summed E-state index contributed by atoms with van der Waals surface area (Å²) >= 11 is 0. The Kier molecular flexibility index (Phi) is 3.31. The van der Waals surface area contributed by atoms with Crippen molar-refractivity contribution in [2.24, 2.45) is 5.18 Å². The molecule has 0 bridgehead atoms. The Morgan fingerprint density at radius 1 is 1.69 bits per heavy atom. The Bertz CT molecular complexity index is 281. The average Bonchev–Trinajstić information content (AvgIpc) is 2.14. The normalized spacial score (nSPS) is 17.8. The smallest absolute Gasteiger partial charge is 0.151 e. The summed E-state index contributed by atoms with van der Waals surface area (Å²) in [5, 5.41) is 2.71. The summed E-state index contributed by atoms with van der Waals surface area (Å²) < 4.78 is 0. The van der Waals surface area contributed by atoms with Gasteiger partial charge in [-0.05, 0) is 6.42 Å². The molecule has 1 aliphatic rings. The fraction of sp³-hybridized carbons (Fsp3) is 0.300. The van der Waals surface area contributed by atoms with Crippen LogP contribution in [0.25, 0.3) is 0 Å². The number of allylic oxidation sites excluding steroid dienone is 4. The average molecular weight is 177 g/mol. The number of hydrogen-bond donors (Lipinski definition) is 0. The van der Waals surface area contributed by atoms with Crippen molar-refractivity contribution in [3.63, 3.8) is 0 Å². The molecule has 1 rings (SSSR count). The molecular formula is C10H11NO2. The molecule has 0 aromatic rings. The lowest BCUT2D eigenvalue weighted by Gasteiger charge is -2.10. The first-order valence-corrected chi connectivity index (χ1v) is 4.08. The van der Waals surface area contributed by atoms with E-state index in [9.17, 15) is 9.70 Å². The predicted octanol–water partition coefficient (Wildman–Crippen LogP) is 2.15. The minimum Gasteiger partial charge on any atom is -0.301 e. The van der Waals surface area contributed by atoms with Crippen molar-refractivity contribution in [1.82, 2.24) is 0 Å². The summed E-state index contributed by atoms with van der Waals surface area (Å²) in [6, 6.07) is -0.745. The minimum absolute atomic E-state index is 0.413. The van der Waals surface area contributed by atoms with E-state index in [1.165, 1.54) is 0 Å². The Morgan fingerprint density at radius 2 is 2.46 bits per heavy atom. The van der Waals surface area contributed by atoms with E-state index in [0.717, 1.165) is 17.6 Å². The lowest BCUT2D eigenvalue weighted by atomic mass is 9.96. The number of nitrogens with zero attached hydrogens (tertiary/aromatic N) is 1. The van der Waals surface area contributed by atoms with Crippen molar-refractivity contribution >= 4 is 6.29 Å². The van der Waals surface area contributed by atoms with Gasteiger partial charge in [-0.25, -0.2) is 0 Å². The topological polar surface area (TPSA) is 46.5 Å². The summed E-state index contributed by atoms with van der Waals surface area (Å²) in [5.74, 6) is 0. The second-order valence-corrected chi connectivity index (χ2v) is 3.03. The Balaban J connectivity index is 2.58. The van der Waals surface area contributed by atoms with E-state index in [0.29, 0.717) is 12.7 Å². The molecule has 1 aliphatic carbocycles. The Morgan fingerprint density at radius 3 is 3.00 bits per heavy atom. The molecule has 1 unspecified atom stereocenters. The largest absolute Gasteiger partial charge is 0.301 e. The molecule has 0 aliphatic heterocycles. The molecule has 0 saturated heterocycles. The van der Waals surface area contributed by atoms with E-state index in [1.54, 1.807) is 0 Å².